The van der Waals surface area contributed by atoms with Crippen LogP contribution < -0.4 is 10.1 Å². The van der Waals surface area contributed by atoms with E-state index in [1.165, 1.54) is 13.2 Å². The molecule has 0 spiro atoms. The van der Waals surface area contributed by atoms with E-state index in [-0.39, 0.29) is 23.5 Å². The zero-order valence-corrected chi connectivity index (χ0v) is 16.1. The third-order valence-corrected chi connectivity index (χ3v) is 4.95. The molecular formula is C19H21BrFN3O2. The molecule has 2 aromatic rings. The van der Waals surface area contributed by atoms with Crippen molar-refractivity contribution in [1.29, 1.82) is 0 Å². The molecule has 3 rings (SSSR count). The Kier molecular flexibility index (Phi) is 6.21. The van der Waals surface area contributed by atoms with Gasteiger partial charge in [-0.25, -0.2) is 4.39 Å². The first-order valence-corrected chi connectivity index (χ1v) is 9.30. The SMILES string of the molecule is COc1ccc(CN2CCC(NC(=O)c3cncc(Br)c3)CC2)cc1F. The van der Waals surface area contributed by atoms with Crippen LogP contribution in [0.5, 0.6) is 5.75 Å². The molecule has 0 aliphatic carbocycles. The number of methoxy groups -OCH3 is 1. The predicted molar refractivity (Wildman–Crippen MR) is 101 cm³/mol. The number of carbonyl (C=O) groups is 1. The van der Waals surface area contributed by atoms with Gasteiger partial charge >= 0.3 is 0 Å². The first kappa shape index (κ1) is 18.8. The fourth-order valence-corrected chi connectivity index (χ4v) is 3.47. The summed E-state index contributed by atoms with van der Waals surface area (Å²) in [4.78, 5) is 18.6. The van der Waals surface area contributed by atoms with Gasteiger partial charge in [0.15, 0.2) is 11.6 Å². The maximum absolute atomic E-state index is 13.8. The van der Waals surface area contributed by atoms with E-state index < -0.39 is 0 Å². The Labute approximate surface area is 160 Å². The molecule has 1 saturated heterocycles. The van der Waals surface area contributed by atoms with Gasteiger partial charge < -0.3 is 10.1 Å². The zero-order chi connectivity index (χ0) is 18.5. The van der Waals surface area contributed by atoms with Crippen molar-refractivity contribution in [2.75, 3.05) is 20.2 Å². The lowest BCUT2D eigenvalue weighted by Gasteiger charge is -2.32. The average Bonchev–Trinajstić information content (AvgIpc) is 2.63. The second-order valence-electron chi connectivity index (χ2n) is 6.38. The number of carbonyl (C=O) groups excluding carboxylic acids is 1. The van der Waals surface area contributed by atoms with Crippen LogP contribution in [0.25, 0.3) is 0 Å². The quantitative estimate of drug-likeness (QED) is 0.803. The van der Waals surface area contributed by atoms with E-state index >= 15 is 0 Å². The maximum Gasteiger partial charge on any atom is 0.253 e. The molecule has 138 valence electrons. The molecule has 1 aliphatic heterocycles. The number of ether oxygens (including phenoxy) is 1. The lowest BCUT2D eigenvalue weighted by molar-refractivity contribution is 0.0908. The second kappa shape index (κ2) is 8.60. The number of piperidine rings is 1. The smallest absolute Gasteiger partial charge is 0.253 e. The van der Waals surface area contributed by atoms with Crippen molar-refractivity contribution in [3.63, 3.8) is 0 Å². The lowest BCUT2D eigenvalue weighted by Crippen LogP contribution is -2.44. The van der Waals surface area contributed by atoms with Crippen LogP contribution in [0.4, 0.5) is 4.39 Å². The number of pyridine rings is 1. The van der Waals surface area contributed by atoms with Gasteiger partial charge in [-0.1, -0.05) is 6.07 Å². The van der Waals surface area contributed by atoms with Gasteiger partial charge in [0.2, 0.25) is 0 Å². The van der Waals surface area contributed by atoms with Crippen molar-refractivity contribution in [1.82, 2.24) is 15.2 Å². The Morgan fingerprint density at radius 1 is 1.35 bits per heavy atom. The van der Waals surface area contributed by atoms with Crippen LogP contribution in [-0.2, 0) is 6.54 Å². The van der Waals surface area contributed by atoms with Gasteiger partial charge in [-0.3, -0.25) is 14.7 Å². The van der Waals surface area contributed by atoms with E-state index in [9.17, 15) is 9.18 Å². The van der Waals surface area contributed by atoms with Crippen molar-refractivity contribution in [2.24, 2.45) is 0 Å². The van der Waals surface area contributed by atoms with Crippen LogP contribution in [0.15, 0.2) is 41.1 Å². The lowest BCUT2D eigenvalue weighted by atomic mass is 10.0. The molecular weight excluding hydrogens is 401 g/mol. The third kappa shape index (κ3) is 4.80. The minimum absolute atomic E-state index is 0.102. The third-order valence-electron chi connectivity index (χ3n) is 4.51. The molecule has 5 nitrogen and oxygen atoms in total. The average molecular weight is 422 g/mol. The van der Waals surface area contributed by atoms with Crippen LogP contribution >= 0.6 is 15.9 Å². The summed E-state index contributed by atoms with van der Waals surface area (Å²) in [7, 11) is 1.46. The molecule has 1 aromatic carbocycles. The highest BCUT2D eigenvalue weighted by Gasteiger charge is 2.21. The summed E-state index contributed by atoms with van der Waals surface area (Å²) in [5.74, 6) is -0.179. The minimum atomic E-state index is -0.338. The standard InChI is InChI=1S/C19H21BrFN3O2/c1-26-18-3-2-13(8-17(18)21)12-24-6-4-16(5-7-24)23-19(25)14-9-15(20)11-22-10-14/h2-3,8-11,16H,4-7,12H2,1H3,(H,23,25). The number of rotatable bonds is 5. The molecule has 26 heavy (non-hydrogen) atoms. The van der Waals surface area contributed by atoms with Crippen LogP contribution in [-0.4, -0.2) is 42.0 Å². The predicted octanol–water partition coefficient (Wildman–Crippen LogP) is 3.39. The number of nitrogens with one attached hydrogen (secondary N) is 1. The molecule has 0 atom stereocenters. The Bertz CT molecular complexity index is 779. The Morgan fingerprint density at radius 3 is 2.77 bits per heavy atom. The van der Waals surface area contributed by atoms with Gasteiger partial charge in [-0.15, -0.1) is 0 Å². The Hall–Kier alpha value is -1.99. The van der Waals surface area contributed by atoms with E-state index in [1.54, 1.807) is 24.5 Å². The van der Waals surface area contributed by atoms with Crippen molar-refractivity contribution < 1.29 is 13.9 Å². The van der Waals surface area contributed by atoms with Gasteiger partial charge in [0.25, 0.3) is 5.91 Å². The molecule has 0 saturated carbocycles. The van der Waals surface area contributed by atoms with Gasteiger partial charge in [-0.2, -0.15) is 0 Å². The summed E-state index contributed by atoms with van der Waals surface area (Å²) < 4.78 is 19.5. The van der Waals surface area contributed by atoms with Crippen molar-refractivity contribution in [3.8, 4) is 5.75 Å². The molecule has 0 unspecified atom stereocenters. The number of halogens is 2. The van der Waals surface area contributed by atoms with Crippen LogP contribution in [0.3, 0.4) is 0 Å². The number of hydrogen-bond donors (Lipinski definition) is 1. The van der Waals surface area contributed by atoms with Crippen LogP contribution in [0.2, 0.25) is 0 Å². The largest absolute Gasteiger partial charge is 0.494 e. The van der Waals surface area contributed by atoms with E-state index in [4.69, 9.17) is 4.74 Å². The van der Waals surface area contributed by atoms with E-state index in [2.05, 4.69) is 31.1 Å². The molecule has 0 radical (unpaired) electrons. The molecule has 1 N–H and O–H groups in total. The van der Waals surface area contributed by atoms with Gasteiger partial charge in [0.05, 0.1) is 12.7 Å². The Balaban J connectivity index is 1.49. The summed E-state index contributed by atoms with van der Waals surface area (Å²) in [6.07, 6.45) is 4.95. The molecule has 1 fully saturated rings. The number of amides is 1. The molecule has 1 amide bonds. The monoisotopic (exact) mass is 421 g/mol. The molecule has 7 heteroatoms. The molecule has 2 heterocycles. The minimum Gasteiger partial charge on any atom is -0.494 e. The van der Waals surface area contributed by atoms with Gasteiger partial charge in [-0.05, 0) is 52.5 Å². The normalized spacial score (nSPS) is 15.7. The highest BCUT2D eigenvalue weighted by Crippen LogP contribution is 2.20. The number of benzene rings is 1. The van der Waals surface area contributed by atoms with Crippen molar-refractivity contribution in [3.05, 3.63) is 58.1 Å². The first-order chi connectivity index (χ1) is 12.5. The second-order valence-corrected chi connectivity index (χ2v) is 7.30. The first-order valence-electron chi connectivity index (χ1n) is 8.51. The van der Waals surface area contributed by atoms with Crippen molar-refractivity contribution >= 4 is 21.8 Å². The molecule has 1 aromatic heterocycles. The number of hydrogen-bond acceptors (Lipinski definition) is 4. The molecule has 0 bridgehead atoms. The zero-order valence-electron chi connectivity index (χ0n) is 14.5. The summed E-state index contributed by atoms with van der Waals surface area (Å²) in [6, 6.07) is 6.97. The van der Waals surface area contributed by atoms with Crippen molar-refractivity contribution in [2.45, 2.75) is 25.4 Å². The fraction of sp³-hybridized carbons (Fsp3) is 0.368. The highest BCUT2D eigenvalue weighted by atomic mass is 79.9. The van der Waals surface area contributed by atoms with Gasteiger partial charge in [0.1, 0.15) is 0 Å². The number of nitrogens with zero attached hydrogens (tertiary/aromatic N) is 2. The summed E-state index contributed by atoms with van der Waals surface area (Å²) >= 11 is 3.33. The summed E-state index contributed by atoms with van der Waals surface area (Å²) in [6.45, 7) is 2.40. The summed E-state index contributed by atoms with van der Waals surface area (Å²) in [5, 5.41) is 3.07. The van der Waals surface area contributed by atoms with Crippen LogP contribution in [0, 0.1) is 5.82 Å². The van der Waals surface area contributed by atoms with Gasteiger partial charge in [0, 0.05) is 42.5 Å². The van der Waals surface area contributed by atoms with Crippen LogP contribution in [0.1, 0.15) is 28.8 Å². The Morgan fingerprint density at radius 2 is 2.12 bits per heavy atom. The van der Waals surface area contributed by atoms with E-state index in [0.29, 0.717) is 12.1 Å². The summed E-state index contributed by atoms with van der Waals surface area (Å²) in [5.41, 5.74) is 1.47. The fourth-order valence-electron chi connectivity index (χ4n) is 3.11. The topological polar surface area (TPSA) is 54.5 Å². The van der Waals surface area contributed by atoms with E-state index in [1.807, 2.05) is 6.07 Å². The van der Waals surface area contributed by atoms with E-state index in [0.717, 1.165) is 36.0 Å². The maximum atomic E-state index is 13.8. The number of aromatic nitrogens is 1. The number of likely N-dealkylation sites (tertiary alicyclic amines) is 1. The highest BCUT2D eigenvalue weighted by molar-refractivity contribution is 9.10. The molecule has 1 aliphatic rings.